The van der Waals surface area contributed by atoms with Gasteiger partial charge in [-0.15, -0.1) is 0 Å². The zero-order valence-corrected chi connectivity index (χ0v) is 12.4. The first-order valence-corrected chi connectivity index (χ1v) is 8.15. The first kappa shape index (κ1) is 14.8. The Kier molecular flexibility index (Phi) is 5.26. The number of piperidine rings is 1. The highest BCUT2D eigenvalue weighted by Gasteiger charge is 2.42. The van der Waals surface area contributed by atoms with Crippen molar-refractivity contribution in [2.45, 2.75) is 77.2 Å². The summed E-state index contributed by atoms with van der Waals surface area (Å²) in [6.07, 6.45) is 11.7. The van der Waals surface area contributed by atoms with Gasteiger partial charge in [-0.2, -0.15) is 0 Å². The maximum Gasteiger partial charge on any atom is 0.310 e. The van der Waals surface area contributed by atoms with Crippen molar-refractivity contribution >= 4 is 5.97 Å². The van der Waals surface area contributed by atoms with E-state index in [0.29, 0.717) is 6.04 Å². The molecule has 1 heterocycles. The molecular formula is C16H29NO2. The summed E-state index contributed by atoms with van der Waals surface area (Å²) >= 11 is 0. The minimum atomic E-state index is -0.562. The molecule has 3 nitrogen and oxygen atoms in total. The summed E-state index contributed by atoms with van der Waals surface area (Å²) < 4.78 is 0. The van der Waals surface area contributed by atoms with Crippen molar-refractivity contribution in [1.82, 2.24) is 4.90 Å². The van der Waals surface area contributed by atoms with E-state index in [-0.39, 0.29) is 0 Å². The van der Waals surface area contributed by atoms with Crippen LogP contribution in [-0.4, -0.2) is 35.1 Å². The third-order valence-electron chi connectivity index (χ3n) is 5.13. The summed E-state index contributed by atoms with van der Waals surface area (Å²) in [4.78, 5) is 14.2. The Labute approximate surface area is 117 Å². The number of rotatable bonds is 4. The standard InChI is InChI=1S/C16H29NO2/c1-2-10-16(15(18)19)11-7-12-17(13-16)14-8-5-3-4-6-9-14/h14H,2-13H2,1H3,(H,18,19). The molecule has 0 aromatic rings. The van der Waals surface area contributed by atoms with Crippen molar-refractivity contribution in [1.29, 1.82) is 0 Å². The summed E-state index contributed by atoms with van der Waals surface area (Å²) in [6, 6.07) is 0.651. The van der Waals surface area contributed by atoms with Gasteiger partial charge in [0.2, 0.25) is 0 Å². The fourth-order valence-corrected chi connectivity index (χ4v) is 4.07. The molecule has 1 N–H and O–H groups in total. The van der Waals surface area contributed by atoms with Gasteiger partial charge in [0, 0.05) is 12.6 Å². The number of aliphatic carboxylic acids is 1. The van der Waals surface area contributed by atoms with Gasteiger partial charge in [0.05, 0.1) is 5.41 Å². The number of nitrogens with zero attached hydrogens (tertiary/aromatic N) is 1. The molecule has 110 valence electrons. The van der Waals surface area contributed by atoms with Crippen LogP contribution < -0.4 is 0 Å². The Hall–Kier alpha value is -0.570. The fraction of sp³-hybridized carbons (Fsp3) is 0.938. The van der Waals surface area contributed by atoms with Gasteiger partial charge >= 0.3 is 5.97 Å². The van der Waals surface area contributed by atoms with Crippen molar-refractivity contribution in [3.8, 4) is 0 Å². The Morgan fingerprint density at radius 3 is 2.47 bits per heavy atom. The highest BCUT2D eigenvalue weighted by Crippen LogP contribution is 2.37. The molecule has 0 aromatic carbocycles. The lowest BCUT2D eigenvalue weighted by molar-refractivity contribution is -0.154. The molecule has 0 amide bonds. The Morgan fingerprint density at radius 1 is 1.21 bits per heavy atom. The zero-order valence-electron chi connectivity index (χ0n) is 12.4. The second-order valence-electron chi connectivity index (χ2n) is 6.55. The quantitative estimate of drug-likeness (QED) is 0.790. The summed E-state index contributed by atoms with van der Waals surface area (Å²) in [6.45, 7) is 4.01. The van der Waals surface area contributed by atoms with E-state index in [1.54, 1.807) is 0 Å². The lowest BCUT2D eigenvalue weighted by Crippen LogP contribution is -2.51. The van der Waals surface area contributed by atoms with Crippen LogP contribution in [0.1, 0.15) is 71.1 Å². The number of likely N-dealkylation sites (tertiary alicyclic amines) is 1. The van der Waals surface area contributed by atoms with Crippen LogP contribution >= 0.6 is 0 Å². The molecule has 2 aliphatic rings. The van der Waals surface area contributed by atoms with Crippen molar-refractivity contribution in [3.63, 3.8) is 0 Å². The topological polar surface area (TPSA) is 40.5 Å². The summed E-state index contributed by atoms with van der Waals surface area (Å²) in [7, 11) is 0. The minimum absolute atomic E-state index is 0.459. The normalized spacial score (nSPS) is 31.0. The van der Waals surface area contributed by atoms with E-state index in [0.717, 1.165) is 38.8 Å². The number of carbonyl (C=O) groups is 1. The van der Waals surface area contributed by atoms with Crippen LogP contribution in [0.15, 0.2) is 0 Å². The third kappa shape index (κ3) is 3.50. The minimum Gasteiger partial charge on any atom is -0.481 e. The van der Waals surface area contributed by atoms with Gasteiger partial charge in [0.25, 0.3) is 0 Å². The number of hydrogen-bond acceptors (Lipinski definition) is 2. The number of carboxylic acids is 1. The van der Waals surface area contributed by atoms with Gasteiger partial charge in [-0.25, -0.2) is 0 Å². The van der Waals surface area contributed by atoms with Crippen molar-refractivity contribution in [3.05, 3.63) is 0 Å². The first-order valence-electron chi connectivity index (χ1n) is 8.15. The van der Waals surface area contributed by atoms with Crippen LogP contribution in [-0.2, 0) is 4.79 Å². The van der Waals surface area contributed by atoms with Crippen molar-refractivity contribution in [2.75, 3.05) is 13.1 Å². The van der Waals surface area contributed by atoms with Gasteiger partial charge in [-0.3, -0.25) is 9.69 Å². The van der Waals surface area contributed by atoms with E-state index in [4.69, 9.17) is 0 Å². The van der Waals surface area contributed by atoms with Crippen LogP contribution in [0.5, 0.6) is 0 Å². The first-order chi connectivity index (χ1) is 9.18. The zero-order chi connectivity index (χ0) is 13.7. The smallest absolute Gasteiger partial charge is 0.310 e. The second-order valence-corrected chi connectivity index (χ2v) is 6.55. The predicted molar refractivity (Wildman–Crippen MR) is 77.3 cm³/mol. The summed E-state index contributed by atoms with van der Waals surface area (Å²) in [5.74, 6) is -0.562. The van der Waals surface area contributed by atoms with Gasteiger partial charge in [0.1, 0.15) is 0 Å². The Balaban J connectivity index is 2.03. The molecule has 1 unspecified atom stereocenters. The average molecular weight is 267 g/mol. The molecule has 3 heteroatoms. The lowest BCUT2D eigenvalue weighted by Gasteiger charge is -2.43. The molecule has 1 aliphatic heterocycles. The Bertz CT molecular complexity index is 293. The predicted octanol–water partition coefficient (Wildman–Crippen LogP) is 3.68. The average Bonchev–Trinajstić information content (AvgIpc) is 2.68. The van der Waals surface area contributed by atoms with Crippen LogP contribution in [0, 0.1) is 5.41 Å². The molecule has 1 saturated heterocycles. The monoisotopic (exact) mass is 267 g/mol. The van der Waals surface area contributed by atoms with E-state index < -0.39 is 11.4 Å². The van der Waals surface area contributed by atoms with Crippen LogP contribution in [0.2, 0.25) is 0 Å². The molecule has 19 heavy (non-hydrogen) atoms. The fourth-order valence-electron chi connectivity index (χ4n) is 4.07. The number of carboxylic acid groups (broad SMARTS) is 1. The van der Waals surface area contributed by atoms with Crippen LogP contribution in [0.4, 0.5) is 0 Å². The molecule has 0 radical (unpaired) electrons. The molecule has 1 atom stereocenters. The van der Waals surface area contributed by atoms with E-state index in [2.05, 4.69) is 11.8 Å². The molecule has 1 saturated carbocycles. The maximum atomic E-state index is 11.7. The Morgan fingerprint density at radius 2 is 1.89 bits per heavy atom. The van der Waals surface area contributed by atoms with Gasteiger partial charge in [0.15, 0.2) is 0 Å². The van der Waals surface area contributed by atoms with Gasteiger partial charge in [-0.05, 0) is 38.6 Å². The van der Waals surface area contributed by atoms with Crippen LogP contribution in [0.3, 0.4) is 0 Å². The summed E-state index contributed by atoms with van der Waals surface area (Å²) in [5, 5.41) is 9.66. The highest BCUT2D eigenvalue weighted by molar-refractivity contribution is 5.75. The molecular weight excluding hydrogens is 238 g/mol. The molecule has 2 rings (SSSR count). The van der Waals surface area contributed by atoms with E-state index in [1.165, 1.54) is 38.5 Å². The molecule has 1 aliphatic carbocycles. The SMILES string of the molecule is CCCC1(C(=O)O)CCCN(C2CCCCCC2)C1. The van der Waals surface area contributed by atoms with Gasteiger partial charge < -0.3 is 5.11 Å². The third-order valence-corrected chi connectivity index (χ3v) is 5.13. The van der Waals surface area contributed by atoms with E-state index in [9.17, 15) is 9.90 Å². The second kappa shape index (κ2) is 6.74. The van der Waals surface area contributed by atoms with Gasteiger partial charge in [-0.1, -0.05) is 39.0 Å². The maximum absolute atomic E-state index is 11.7. The van der Waals surface area contributed by atoms with E-state index in [1.807, 2.05) is 0 Å². The van der Waals surface area contributed by atoms with Crippen LogP contribution in [0.25, 0.3) is 0 Å². The van der Waals surface area contributed by atoms with Crippen molar-refractivity contribution < 1.29 is 9.90 Å². The highest BCUT2D eigenvalue weighted by atomic mass is 16.4. The largest absolute Gasteiger partial charge is 0.481 e. The molecule has 2 fully saturated rings. The van der Waals surface area contributed by atoms with Crippen molar-refractivity contribution in [2.24, 2.45) is 5.41 Å². The summed E-state index contributed by atoms with van der Waals surface area (Å²) in [5.41, 5.74) is -0.459. The molecule has 0 bridgehead atoms. The molecule has 0 aromatic heterocycles. The molecule has 0 spiro atoms. The lowest BCUT2D eigenvalue weighted by atomic mass is 9.75. The number of hydrogen-bond donors (Lipinski definition) is 1. The van der Waals surface area contributed by atoms with E-state index >= 15 is 0 Å².